The Morgan fingerprint density at radius 3 is 3.12 bits per heavy atom. The number of methoxy groups -OCH3 is 1. The van der Waals surface area contributed by atoms with E-state index >= 15 is 0 Å². The zero-order chi connectivity index (χ0) is 11.5. The molecular weight excluding hydrogens is 208 g/mol. The van der Waals surface area contributed by atoms with Crippen molar-refractivity contribution in [2.24, 2.45) is 0 Å². The molecule has 2 rings (SSSR count). The maximum absolute atomic E-state index is 11.3. The minimum atomic E-state index is -1.20. The van der Waals surface area contributed by atoms with Crippen LogP contribution in [0.1, 0.15) is 22.8 Å². The van der Waals surface area contributed by atoms with E-state index in [1.807, 2.05) is 12.1 Å². The number of esters is 1. The Balaban J connectivity index is 2.37. The van der Waals surface area contributed by atoms with Crippen LogP contribution in [0.3, 0.4) is 0 Å². The van der Waals surface area contributed by atoms with Gasteiger partial charge in [0.25, 0.3) is 0 Å². The third kappa shape index (κ3) is 1.94. The summed E-state index contributed by atoms with van der Waals surface area (Å²) in [4.78, 5) is 11.3. The number of aliphatic hydroxyl groups excluding tert-OH is 1. The van der Waals surface area contributed by atoms with E-state index in [1.54, 1.807) is 6.07 Å². The molecule has 1 unspecified atom stereocenters. The fourth-order valence-electron chi connectivity index (χ4n) is 1.95. The highest BCUT2D eigenvalue weighted by molar-refractivity contribution is 5.76. The predicted molar refractivity (Wildman–Crippen MR) is 56.8 cm³/mol. The molecule has 0 spiro atoms. The van der Waals surface area contributed by atoms with Gasteiger partial charge in [-0.2, -0.15) is 0 Å². The summed E-state index contributed by atoms with van der Waals surface area (Å²) in [5.74, 6) is -0.625. The molecule has 0 saturated heterocycles. The van der Waals surface area contributed by atoms with E-state index in [1.165, 1.54) is 7.11 Å². The standard InChI is InChI=1S/C12H14O4/c1-15-12(14)11(13)10-4-2-3-8-7-16-6-5-9(8)10/h2-4,11,13H,5-7H2,1H3. The van der Waals surface area contributed by atoms with Crippen LogP contribution in [0.25, 0.3) is 0 Å². The van der Waals surface area contributed by atoms with Gasteiger partial charge < -0.3 is 14.6 Å². The second-order valence-electron chi connectivity index (χ2n) is 3.71. The third-order valence-corrected chi connectivity index (χ3v) is 2.78. The lowest BCUT2D eigenvalue weighted by molar-refractivity contribution is -0.150. The summed E-state index contributed by atoms with van der Waals surface area (Å²) in [6.07, 6.45) is -0.474. The number of benzene rings is 1. The van der Waals surface area contributed by atoms with Gasteiger partial charge in [0.2, 0.25) is 0 Å². The largest absolute Gasteiger partial charge is 0.467 e. The first-order valence-corrected chi connectivity index (χ1v) is 5.18. The molecule has 4 heteroatoms. The SMILES string of the molecule is COC(=O)C(O)c1cccc2c1CCOC2. The predicted octanol–water partition coefficient (Wildman–Crippen LogP) is 0.966. The first-order chi connectivity index (χ1) is 7.74. The van der Waals surface area contributed by atoms with Crippen molar-refractivity contribution in [2.75, 3.05) is 13.7 Å². The molecule has 1 N–H and O–H groups in total. The molecule has 0 bridgehead atoms. The van der Waals surface area contributed by atoms with Crippen LogP contribution in [0.5, 0.6) is 0 Å². The van der Waals surface area contributed by atoms with E-state index in [-0.39, 0.29) is 0 Å². The molecule has 16 heavy (non-hydrogen) atoms. The first-order valence-electron chi connectivity index (χ1n) is 5.18. The zero-order valence-electron chi connectivity index (χ0n) is 9.10. The van der Waals surface area contributed by atoms with Crippen molar-refractivity contribution >= 4 is 5.97 Å². The summed E-state index contributed by atoms with van der Waals surface area (Å²) >= 11 is 0. The summed E-state index contributed by atoms with van der Waals surface area (Å²) in [6.45, 7) is 1.16. The second-order valence-corrected chi connectivity index (χ2v) is 3.71. The molecule has 1 heterocycles. The van der Waals surface area contributed by atoms with Crippen LogP contribution in [0.15, 0.2) is 18.2 Å². The minimum absolute atomic E-state index is 0.539. The molecule has 1 aliphatic rings. The van der Waals surface area contributed by atoms with Crippen molar-refractivity contribution in [2.45, 2.75) is 19.1 Å². The minimum Gasteiger partial charge on any atom is -0.467 e. The van der Waals surface area contributed by atoms with E-state index in [0.717, 1.165) is 17.5 Å². The highest BCUT2D eigenvalue weighted by Crippen LogP contribution is 2.26. The van der Waals surface area contributed by atoms with Gasteiger partial charge in [-0.05, 0) is 23.1 Å². The van der Waals surface area contributed by atoms with Crippen LogP contribution >= 0.6 is 0 Å². The highest BCUT2D eigenvalue weighted by atomic mass is 16.5. The number of rotatable bonds is 2. The molecule has 1 aromatic carbocycles. The van der Waals surface area contributed by atoms with Crippen molar-refractivity contribution in [3.05, 3.63) is 34.9 Å². The lowest BCUT2D eigenvalue weighted by atomic mass is 9.94. The summed E-state index contributed by atoms with van der Waals surface area (Å²) in [7, 11) is 1.27. The van der Waals surface area contributed by atoms with Crippen molar-refractivity contribution in [1.82, 2.24) is 0 Å². The van der Waals surface area contributed by atoms with E-state index in [9.17, 15) is 9.90 Å². The van der Waals surface area contributed by atoms with Gasteiger partial charge in [0.05, 0.1) is 20.3 Å². The number of carbonyl (C=O) groups is 1. The Morgan fingerprint density at radius 2 is 2.38 bits per heavy atom. The van der Waals surface area contributed by atoms with Crippen LogP contribution in [0.4, 0.5) is 0 Å². The smallest absolute Gasteiger partial charge is 0.339 e. The van der Waals surface area contributed by atoms with Crippen LogP contribution in [0.2, 0.25) is 0 Å². The number of fused-ring (bicyclic) bond motifs is 1. The number of hydrogen-bond donors (Lipinski definition) is 1. The van der Waals surface area contributed by atoms with Gasteiger partial charge in [0.1, 0.15) is 0 Å². The number of ether oxygens (including phenoxy) is 2. The average Bonchev–Trinajstić information content (AvgIpc) is 2.36. The van der Waals surface area contributed by atoms with Crippen LogP contribution < -0.4 is 0 Å². The topological polar surface area (TPSA) is 55.8 Å². The molecule has 0 amide bonds. The van der Waals surface area contributed by atoms with E-state index in [4.69, 9.17) is 4.74 Å². The molecule has 1 aromatic rings. The fourth-order valence-corrected chi connectivity index (χ4v) is 1.95. The second kappa shape index (κ2) is 4.63. The van der Waals surface area contributed by atoms with Gasteiger partial charge in [0.15, 0.2) is 6.10 Å². The van der Waals surface area contributed by atoms with Crippen molar-refractivity contribution in [1.29, 1.82) is 0 Å². The maximum Gasteiger partial charge on any atom is 0.339 e. The molecule has 4 nitrogen and oxygen atoms in total. The summed E-state index contributed by atoms with van der Waals surface area (Å²) in [5, 5.41) is 9.83. The van der Waals surface area contributed by atoms with E-state index < -0.39 is 12.1 Å². The molecule has 0 fully saturated rings. The first kappa shape index (κ1) is 11.1. The van der Waals surface area contributed by atoms with E-state index in [2.05, 4.69) is 4.74 Å². The Morgan fingerprint density at radius 1 is 1.56 bits per heavy atom. The molecular formula is C12H14O4. The zero-order valence-corrected chi connectivity index (χ0v) is 9.10. The molecule has 0 radical (unpaired) electrons. The molecule has 0 saturated carbocycles. The summed E-state index contributed by atoms with van der Waals surface area (Å²) in [6, 6.07) is 5.52. The van der Waals surface area contributed by atoms with Gasteiger partial charge in [-0.3, -0.25) is 0 Å². The summed E-state index contributed by atoms with van der Waals surface area (Å²) in [5.41, 5.74) is 2.67. The molecule has 86 valence electrons. The van der Waals surface area contributed by atoms with E-state index in [0.29, 0.717) is 18.8 Å². The normalized spacial score (nSPS) is 16.4. The fraction of sp³-hybridized carbons (Fsp3) is 0.417. The van der Waals surface area contributed by atoms with Gasteiger partial charge in [-0.1, -0.05) is 18.2 Å². The highest BCUT2D eigenvalue weighted by Gasteiger charge is 2.23. The molecule has 1 aliphatic heterocycles. The van der Waals surface area contributed by atoms with Gasteiger partial charge in [-0.15, -0.1) is 0 Å². The number of hydrogen-bond acceptors (Lipinski definition) is 4. The lowest BCUT2D eigenvalue weighted by Crippen LogP contribution is -2.19. The van der Waals surface area contributed by atoms with Crippen LogP contribution in [-0.2, 0) is 27.3 Å². The molecule has 0 aromatic heterocycles. The van der Waals surface area contributed by atoms with Crippen molar-refractivity contribution in [3.63, 3.8) is 0 Å². The van der Waals surface area contributed by atoms with Gasteiger partial charge in [0, 0.05) is 0 Å². The van der Waals surface area contributed by atoms with Crippen LogP contribution in [-0.4, -0.2) is 24.8 Å². The Hall–Kier alpha value is -1.39. The Kier molecular flexibility index (Phi) is 3.22. The quantitative estimate of drug-likeness (QED) is 0.757. The van der Waals surface area contributed by atoms with Crippen molar-refractivity contribution < 1.29 is 19.4 Å². The van der Waals surface area contributed by atoms with Gasteiger partial charge >= 0.3 is 5.97 Å². The van der Waals surface area contributed by atoms with Gasteiger partial charge in [-0.25, -0.2) is 4.79 Å². The van der Waals surface area contributed by atoms with Crippen molar-refractivity contribution in [3.8, 4) is 0 Å². The number of aliphatic hydroxyl groups is 1. The van der Waals surface area contributed by atoms with Crippen LogP contribution in [0, 0.1) is 0 Å². The Bertz CT molecular complexity index is 400. The maximum atomic E-state index is 11.3. The average molecular weight is 222 g/mol. The number of carbonyl (C=O) groups excluding carboxylic acids is 1. The third-order valence-electron chi connectivity index (χ3n) is 2.78. The molecule has 0 aliphatic carbocycles. The molecule has 1 atom stereocenters. The Labute approximate surface area is 93.8 Å². The lowest BCUT2D eigenvalue weighted by Gasteiger charge is -2.21. The monoisotopic (exact) mass is 222 g/mol. The summed E-state index contributed by atoms with van der Waals surface area (Å²) < 4.78 is 9.86.